The minimum Gasteiger partial charge on any atom is -0.461 e. The predicted octanol–water partition coefficient (Wildman–Crippen LogP) is 4.80. The molecule has 4 rings (SSSR count). The molecule has 2 heterocycles. The van der Waals surface area contributed by atoms with Crippen LogP contribution in [0.3, 0.4) is 0 Å². The molecule has 1 unspecified atom stereocenters. The lowest BCUT2D eigenvalue weighted by atomic mass is 10.1. The van der Waals surface area contributed by atoms with Crippen molar-refractivity contribution in [3.63, 3.8) is 0 Å². The number of halogens is 1. The fraction of sp³-hybridized carbons (Fsp3) is 0.250. The standard InChI is InChI=1S/C24H25ClN4O3/c1-4-21-15(2)20-11-19(9-10-22(20)32-21)28-24-26-12-17(13-27-31-3)23(30)29(24)14-16-5-7-18(25)8-6-16/h5-13,24,26,28H,4,14H2,1-3H3. The van der Waals surface area contributed by atoms with Gasteiger partial charge in [0.2, 0.25) is 0 Å². The first kappa shape index (κ1) is 21.8. The summed E-state index contributed by atoms with van der Waals surface area (Å²) in [6.45, 7) is 4.52. The molecule has 1 atom stereocenters. The van der Waals surface area contributed by atoms with Gasteiger partial charge in [0.1, 0.15) is 18.5 Å². The van der Waals surface area contributed by atoms with Gasteiger partial charge in [0.25, 0.3) is 5.91 Å². The molecule has 0 radical (unpaired) electrons. The van der Waals surface area contributed by atoms with Crippen LogP contribution < -0.4 is 10.6 Å². The summed E-state index contributed by atoms with van der Waals surface area (Å²) in [7, 11) is 1.44. The first-order valence-corrected chi connectivity index (χ1v) is 10.7. The molecule has 7 nitrogen and oxygen atoms in total. The van der Waals surface area contributed by atoms with Crippen molar-refractivity contribution in [1.82, 2.24) is 10.2 Å². The van der Waals surface area contributed by atoms with Crippen LogP contribution >= 0.6 is 11.6 Å². The Kier molecular flexibility index (Phi) is 6.37. The Morgan fingerprint density at radius 3 is 2.78 bits per heavy atom. The van der Waals surface area contributed by atoms with E-state index in [2.05, 4.69) is 29.6 Å². The molecule has 32 heavy (non-hydrogen) atoms. The first-order chi connectivity index (χ1) is 15.5. The number of hydrogen-bond donors (Lipinski definition) is 2. The molecule has 166 valence electrons. The number of nitrogens with one attached hydrogen (secondary N) is 2. The number of fused-ring (bicyclic) bond motifs is 1. The quantitative estimate of drug-likeness (QED) is 0.397. The molecule has 2 aromatic carbocycles. The van der Waals surface area contributed by atoms with Crippen molar-refractivity contribution in [3.05, 3.63) is 76.1 Å². The minimum absolute atomic E-state index is 0.175. The number of amides is 1. The summed E-state index contributed by atoms with van der Waals surface area (Å²) in [5.74, 6) is 0.809. The number of carbonyl (C=O) groups is 1. The SMILES string of the molecule is CCc1oc2ccc(NC3NC=C(C=NOC)C(=O)N3Cc3ccc(Cl)cc3)cc2c1C. The lowest BCUT2D eigenvalue weighted by molar-refractivity contribution is -0.130. The Labute approximate surface area is 191 Å². The lowest BCUT2D eigenvalue weighted by Crippen LogP contribution is -2.55. The summed E-state index contributed by atoms with van der Waals surface area (Å²) < 4.78 is 5.92. The van der Waals surface area contributed by atoms with Crippen LogP contribution in [0.15, 0.2) is 63.8 Å². The molecule has 3 aromatic rings. The average Bonchev–Trinajstić information content (AvgIpc) is 3.12. The van der Waals surface area contributed by atoms with E-state index in [0.29, 0.717) is 17.1 Å². The second kappa shape index (κ2) is 9.36. The molecule has 2 N–H and O–H groups in total. The third kappa shape index (κ3) is 4.43. The van der Waals surface area contributed by atoms with Crippen molar-refractivity contribution < 1.29 is 14.0 Å². The molecule has 1 aromatic heterocycles. The van der Waals surface area contributed by atoms with E-state index in [1.807, 2.05) is 42.5 Å². The molecule has 1 aliphatic heterocycles. The third-order valence-electron chi connectivity index (χ3n) is 5.44. The van der Waals surface area contributed by atoms with Crippen LogP contribution in [0.25, 0.3) is 11.0 Å². The van der Waals surface area contributed by atoms with E-state index in [-0.39, 0.29) is 5.91 Å². The number of nitrogens with zero attached hydrogens (tertiary/aromatic N) is 2. The van der Waals surface area contributed by atoms with E-state index in [0.717, 1.165) is 40.0 Å². The molecule has 0 aliphatic carbocycles. The summed E-state index contributed by atoms with van der Waals surface area (Å²) in [4.78, 5) is 19.6. The van der Waals surface area contributed by atoms with E-state index in [1.54, 1.807) is 11.1 Å². The van der Waals surface area contributed by atoms with Gasteiger partial charge in [-0.25, -0.2) is 0 Å². The average molecular weight is 453 g/mol. The zero-order chi connectivity index (χ0) is 22.7. The Hall–Kier alpha value is -3.45. The van der Waals surface area contributed by atoms with Gasteiger partial charge in [0.15, 0.2) is 6.29 Å². The smallest absolute Gasteiger partial charge is 0.260 e. The largest absolute Gasteiger partial charge is 0.461 e. The zero-order valence-corrected chi connectivity index (χ0v) is 18.9. The van der Waals surface area contributed by atoms with E-state index in [4.69, 9.17) is 20.9 Å². The molecule has 0 bridgehead atoms. The molecule has 0 saturated carbocycles. The number of hydrogen-bond acceptors (Lipinski definition) is 6. The summed E-state index contributed by atoms with van der Waals surface area (Å²) in [6, 6.07) is 13.4. The van der Waals surface area contributed by atoms with Gasteiger partial charge < -0.3 is 19.9 Å². The third-order valence-corrected chi connectivity index (χ3v) is 5.69. The second-order valence-corrected chi connectivity index (χ2v) is 7.94. The highest BCUT2D eigenvalue weighted by molar-refractivity contribution is 6.30. The van der Waals surface area contributed by atoms with Gasteiger partial charge in [0, 0.05) is 35.3 Å². The molecule has 0 spiro atoms. The number of oxime groups is 1. The number of rotatable bonds is 7. The molecule has 8 heteroatoms. The molecule has 1 amide bonds. The molecular weight excluding hydrogens is 428 g/mol. The van der Waals surface area contributed by atoms with Crippen LogP contribution in [-0.4, -0.2) is 30.4 Å². The van der Waals surface area contributed by atoms with Crippen LogP contribution in [0, 0.1) is 6.92 Å². The lowest BCUT2D eigenvalue weighted by Gasteiger charge is -2.36. The fourth-order valence-corrected chi connectivity index (χ4v) is 3.86. The number of aryl methyl sites for hydroxylation is 2. The van der Waals surface area contributed by atoms with Gasteiger partial charge in [0.05, 0.1) is 11.8 Å². The summed E-state index contributed by atoms with van der Waals surface area (Å²) in [5.41, 5.74) is 4.21. The van der Waals surface area contributed by atoms with Gasteiger partial charge in [-0.15, -0.1) is 0 Å². The van der Waals surface area contributed by atoms with Gasteiger partial charge in [-0.05, 0) is 48.4 Å². The summed E-state index contributed by atoms with van der Waals surface area (Å²) >= 11 is 6.02. The molecule has 1 aliphatic rings. The van der Waals surface area contributed by atoms with Crippen molar-refractivity contribution in [2.45, 2.75) is 33.1 Å². The minimum atomic E-state index is -0.465. The molecular formula is C24H25ClN4O3. The van der Waals surface area contributed by atoms with E-state index >= 15 is 0 Å². The van der Waals surface area contributed by atoms with Crippen LogP contribution in [0.1, 0.15) is 23.8 Å². The summed E-state index contributed by atoms with van der Waals surface area (Å²) in [6.07, 6.45) is 3.41. The number of carbonyl (C=O) groups excluding carboxylic acids is 1. The highest BCUT2D eigenvalue weighted by Crippen LogP contribution is 2.29. The van der Waals surface area contributed by atoms with Crippen molar-refractivity contribution in [1.29, 1.82) is 0 Å². The van der Waals surface area contributed by atoms with E-state index in [1.165, 1.54) is 13.3 Å². The van der Waals surface area contributed by atoms with Crippen LogP contribution in [0.4, 0.5) is 5.69 Å². The van der Waals surface area contributed by atoms with Crippen molar-refractivity contribution in [2.24, 2.45) is 5.16 Å². The van der Waals surface area contributed by atoms with E-state index in [9.17, 15) is 4.79 Å². The van der Waals surface area contributed by atoms with Gasteiger partial charge >= 0.3 is 0 Å². The first-order valence-electron chi connectivity index (χ1n) is 10.4. The fourth-order valence-electron chi connectivity index (χ4n) is 3.73. The van der Waals surface area contributed by atoms with Crippen molar-refractivity contribution in [2.75, 3.05) is 12.4 Å². The Morgan fingerprint density at radius 1 is 1.28 bits per heavy atom. The van der Waals surface area contributed by atoms with Crippen LogP contribution in [0.5, 0.6) is 0 Å². The Balaban J connectivity index is 1.63. The highest BCUT2D eigenvalue weighted by Gasteiger charge is 2.29. The zero-order valence-electron chi connectivity index (χ0n) is 18.2. The van der Waals surface area contributed by atoms with Crippen molar-refractivity contribution in [3.8, 4) is 0 Å². The maximum Gasteiger partial charge on any atom is 0.260 e. The van der Waals surface area contributed by atoms with Gasteiger partial charge in [-0.1, -0.05) is 35.8 Å². The van der Waals surface area contributed by atoms with Gasteiger partial charge in [-0.2, -0.15) is 0 Å². The van der Waals surface area contributed by atoms with Gasteiger partial charge in [-0.3, -0.25) is 9.69 Å². The topological polar surface area (TPSA) is 79.1 Å². The van der Waals surface area contributed by atoms with Crippen molar-refractivity contribution >= 4 is 40.4 Å². The Morgan fingerprint density at radius 2 is 2.06 bits per heavy atom. The van der Waals surface area contributed by atoms with Crippen LogP contribution in [-0.2, 0) is 22.6 Å². The number of anilines is 1. The predicted molar refractivity (Wildman–Crippen MR) is 126 cm³/mol. The molecule has 0 saturated heterocycles. The maximum atomic E-state index is 13.2. The highest BCUT2D eigenvalue weighted by atomic mass is 35.5. The molecule has 0 fully saturated rings. The maximum absolute atomic E-state index is 13.2. The number of benzene rings is 2. The van der Waals surface area contributed by atoms with Crippen LogP contribution in [0.2, 0.25) is 5.02 Å². The second-order valence-electron chi connectivity index (χ2n) is 7.50. The summed E-state index contributed by atoms with van der Waals surface area (Å²) in [5, 5.41) is 12.1. The Bertz CT molecular complexity index is 1180. The van der Waals surface area contributed by atoms with E-state index < -0.39 is 6.29 Å². The normalized spacial score (nSPS) is 16.4. The monoisotopic (exact) mass is 452 g/mol. The number of furan rings is 1.